The van der Waals surface area contributed by atoms with Crippen molar-refractivity contribution in [1.82, 2.24) is 0 Å². The first-order chi connectivity index (χ1) is 13.2. The van der Waals surface area contributed by atoms with E-state index in [1.54, 1.807) is 0 Å². The number of nitrogens with two attached hydrogens (primary N) is 1. The average molecular weight is 495 g/mol. The molecule has 0 atom stereocenters. The molecule has 1 saturated carbocycles. The summed E-state index contributed by atoms with van der Waals surface area (Å²) in [7, 11) is 0. The molecule has 3 rings (SSSR count). The molecule has 152 valence electrons. The van der Waals surface area contributed by atoms with Crippen LogP contribution in [0.3, 0.4) is 0 Å². The third kappa shape index (κ3) is 6.67. The number of hydrogen-bond donors (Lipinski definition) is 2. The highest BCUT2D eigenvalue weighted by Crippen LogP contribution is 2.44. The van der Waals surface area contributed by atoms with Gasteiger partial charge in [0.2, 0.25) is 0 Å². The molecule has 0 amide bonds. The number of nitrogens with one attached hydrogen (secondary N) is 1. The Hall–Kier alpha value is -1.80. The molecule has 3 N–H and O–H groups in total. The molecule has 0 unspecified atom stereocenters. The Morgan fingerprint density at radius 1 is 1.11 bits per heavy atom. The SMILES string of the molecule is CCOCCC1(CN=C(N)Nc2cccc(Oc3ccccc3)c2)CCC1.I. The Morgan fingerprint density at radius 2 is 1.86 bits per heavy atom. The van der Waals surface area contributed by atoms with E-state index in [0.717, 1.165) is 43.4 Å². The summed E-state index contributed by atoms with van der Waals surface area (Å²) in [5, 5.41) is 3.17. The largest absolute Gasteiger partial charge is 0.457 e. The third-order valence-electron chi connectivity index (χ3n) is 5.07. The van der Waals surface area contributed by atoms with Crippen LogP contribution in [0.4, 0.5) is 5.69 Å². The summed E-state index contributed by atoms with van der Waals surface area (Å²) in [6, 6.07) is 17.4. The molecule has 0 saturated heterocycles. The predicted octanol–water partition coefficient (Wildman–Crippen LogP) is 5.42. The highest BCUT2D eigenvalue weighted by molar-refractivity contribution is 14.0. The number of para-hydroxylation sites is 1. The first-order valence-corrected chi connectivity index (χ1v) is 9.67. The van der Waals surface area contributed by atoms with Crippen molar-refractivity contribution in [3.05, 3.63) is 54.6 Å². The normalized spacial score (nSPS) is 15.2. The van der Waals surface area contributed by atoms with Crippen LogP contribution in [0.15, 0.2) is 59.6 Å². The molecular formula is C22H30IN3O2. The number of anilines is 1. The van der Waals surface area contributed by atoms with E-state index < -0.39 is 0 Å². The van der Waals surface area contributed by atoms with Crippen molar-refractivity contribution in [2.75, 3.05) is 25.1 Å². The Kier molecular flexibility index (Phi) is 9.05. The highest BCUT2D eigenvalue weighted by Gasteiger charge is 2.36. The van der Waals surface area contributed by atoms with Crippen LogP contribution in [-0.4, -0.2) is 25.7 Å². The van der Waals surface area contributed by atoms with Gasteiger partial charge in [-0.05, 0) is 55.9 Å². The molecule has 1 aliphatic carbocycles. The average Bonchev–Trinajstić information content (AvgIpc) is 2.64. The van der Waals surface area contributed by atoms with Crippen LogP contribution in [0.5, 0.6) is 11.5 Å². The van der Waals surface area contributed by atoms with Crippen molar-refractivity contribution >= 4 is 35.6 Å². The summed E-state index contributed by atoms with van der Waals surface area (Å²) >= 11 is 0. The van der Waals surface area contributed by atoms with Gasteiger partial charge in [0.25, 0.3) is 0 Å². The lowest BCUT2D eigenvalue weighted by Gasteiger charge is -2.40. The van der Waals surface area contributed by atoms with Gasteiger partial charge in [-0.3, -0.25) is 4.99 Å². The molecule has 0 spiro atoms. The fraction of sp³-hybridized carbons (Fsp3) is 0.409. The Bertz CT molecular complexity index is 748. The van der Waals surface area contributed by atoms with Gasteiger partial charge >= 0.3 is 0 Å². The second kappa shape index (κ2) is 11.3. The first-order valence-electron chi connectivity index (χ1n) is 9.67. The van der Waals surface area contributed by atoms with E-state index >= 15 is 0 Å². The summed E-state index contributed by atoms with van der Waals surface area (Å²) in [5.74, 6) is 2.00. The zero-order chi connectivity index (χ0) is 19.0. The van der Waals surface area contributed by atoms with Gasteiger partial charge in [0, 0.05) is 31.5 Å². The number of ether oxygens (including phenoxy) is 2. The molecule has 0 radical (unpaired) electrons. The quantitative estimate of drug-likeness (QED) is 0.211. The summed E-state index contributed by atoms with van der Waals surface area (Å²) in [4.78, 5) is 4.59. The van der Waals surface area contributed by atoms with Crippen molar-refractivity contribution in [3.63, 3.8) is 0 Å². The zero-order valence-corrected chi connectivity index (χ0v) is 18.7. The summed E-state index contributed by atoms with van der Waals surface area (Å²) in [6.07, 6.45) is 4.74. The Balaban J connectivity index is 0.00000280. The zero-order valence-electron chi connectivity index (χ0n) is 16.4. The van der Waals surface area contributed by atoms with Crippen LogP contribution in [-0.2, 0) is 4.74 Å². The van der Waals surface area contributed by atoms with Gasteiger partial charge in [-0.2, -0.15) is 0 Å². The fourth-order valence-electron chi connectivity index (χ4n) is 3.30. The van der Waals surface area contributed by atoms with E-state index in [-0.39, 0.29) is 29.4 Å². The van der Waals surface area contributed by atoms with Gasteiger partial charge in [-0.25, -0.2) is 0 Å². The highest BCUT2D eigenvalue weighted by atomic mass is 127. The van der Waals surface area contributed by atoms with E-state index in [1.165, 1.54) is 19.3 Å². The topological polar surface area (TPSA) is 68.9 Å². The Labute approximate surface area is 184 Å². The molecule has 5 nitrogen and oxygen atoms in total. The lowest BCUT2D eigenvalue weighted by Crippen LogP contribution is -2.35. The molecule has 6 heteroatoms. The number of guanidine groups is 1. The minimum atomic E-state index is 0. The van der Waals surface area contributed by atoms with Gasteiger partial charge in [0.1, 0.15) is 11.5 Å². The van der Waals surface area contributed by atoms with Gasteiger partial charge < -0.3 is 20.5 Å². The molecule has 28 heavy (non-hydrogen) atoms. The number of aliphatic imine (C=N–C) groups is 1. The smallest absolute Gasteiger partial charge is 0.193 e. The van der Waals surface area contributed by atoms with E-state index in [2.05, 4.69) is 10.3 Å². The maximum atomic E-state index is 6.12. The standard InChI is InChI=1S/C22H29N3O2.HI/c1-2-26-15-14-22(12-7-13-22)17-24-21(23)25-18-8-6-11-20(16-18)27-19-9-4-3-5-10-19;/h3-6,8-11,16H,2,7,12-15,17H2,1H3,(H3,23,24,25);1H. The molecule has 0 aromatic heterocycles. The minimum Gasteiger partial charge on any atom is -0.457 e. The maximum absolute atomic E-state index is 6.12. The van der Waals surface area contributed by atoms with E-state index in [9.17, 15) is 0 Å². The maximum Gasteiger partial charge on any atom is 0.193 e. The van der Waals surface area contributed by atoms with Crippen LogP contribution in [0.2, 0.25) is 0 Å². The van der Waals surface area contributed by atoms with Crippen molar-refractivity contribution in [2.45, 2.75) is 32.6 Å². The van der Waals surface area contributed by atoms with Gasteiger partial charge in [0.05, 0.1) is 0 Å². The lowest BCUT2D eigenvalue weighted by molar-refractivity contribution is 0.0610. The minimum absolute atomic E-state index is 0. The Morgan fingerprint density at radius 3 is 2.54 bits per heavy atom. The number of nitrogens with zero attached hydrogens (tertiary/aromatic N) is 1. The van der Waals surface area contributed by atoms with Crippen LogP contribution in [0.1, 0.15) is 32.6 Å². The van der Waals surface area contributed by atoms with E-state index in [4.69, 9.17) is 15.2 Å². The molecular weight excluding hydrogens is 465 g/mol. The van der Waals surface area contributed by atoms with Crippen molar-refractivity contribution in [2.24, 2.45) is 16.1 Å². The second-order valence-electron chi connectivity index (χ2n) is 7.07. The van der Waals surface area contributed by atoms with E-state index in [1.807, 2.05) is 61.5 Å². The van der Waals surface area contributed by atoms with Gasteiger partial charge in [0.15, 0.2) is 5.96 Å². The monoisotopic (exact) mass is 495 g/mol. The molecule has 0 bridgehead atoms. The number of benzene rings is 2. The summed E-state index contributed by atoms with van der Waals surface area (Å²) in [5.41, 5.74) is 7.24. The molecule has 0 aliphatic heterocycles. The van der Waals surface area contributed by atoms with Crippen molar-refractivity contribution in [3.8, 4) is 11.5 Å². The van der Waals surface area contributed by atoms with Crippen molar-refractivity contribution in [1.29, 1.82) is 0 Å². The van der Waals surface area contributed by atoms with Crippen LogP contribution >= 0.6 is 24.0 Å². The molecule has 1 fully saturated rings. The third-order valence-corrected chi connectivity index (χ3v) is 5.07. The lowest BCUT2D eigenvalue weighted by atomic mass is 9.67. The molecule has 2 aromatic carbocycles. The van der Waals surface area contributed by atoms with Crippen LogP contribution in [0.25, 0.3) is 0 Å². The summed E-state index contributed by atoms with van der Waals surface area (Å²) < 4.78 is 11.4. The number of halogens is 1. The van der Waals surface area contributed by atoms with Crippen LogP contribution in [0, 0.1) is 5.41 Å². The number of hydrogen-bond acceptors (Lipinski definition) is 3. The fourth-order valence-corrected chi connectivity index (χ4v) is 3.30. The second-order valence-corrected chi connectivity index (χ2v) is 7.07. The van der Waals surface area contributed by atoms with Crippen molar-refractivity contribution < 1.29 is 9.47 Å². The summed E-state index contributed by atoms with van der Waals surface area (Å²) in [6.45, 7) is 4.35. The predicted molar refractivity (Wildman–Crippen MR) is 126 cm³/mol. The molecule has 2 aromatic rings. The van der Waals surface area contributed by atoms with Crippen LogP contribution < -0.4 is 15.8 Å². The van der Waals surface area contributed by atoms with Gasteiger partial charge in [-0.1, -0.05) is 30.7 Å². The molecule has 0 heterocycles. The molecule has 1 aliphatic rings. The first kappa shape index (κ1) is 22.5. The van der Waals surface area contributed by atoms with E-state index in [0.29, 0.717) is 5.96 Å². The van der Waals surface area contributed by atoms with Gasteiger partial charge in [-0.15, -0.1) is 24.0 Å². The number of rotatable bonds is 9.